The van der Waals surface area contributed by atoms with Crippen LogP contribution in [0.25, 0.3) is 0 Å². The molecule has 0 unspecified atom stereocenters. The number of hydrogen-bond donors (Lipinski definition) is 2. The van der Waals surface area contributed by atoms with Gasteiger partial charge in [0.15, 0.2) is 5.75 Å². The number of rotatable bonds is 3. The SMILES string of the molecule is COc1c(N)cccc1C(=O)Nc1cc(F)ccc1Br. The van der Waals surface area contributed by atoms with Crippen LogP contribution in [0.15, 0.2) is 40.9 Å². The third kappa shape index (κ3) is 2.91. The average Bonchev–Trinajstić information content (AvgIpc) is 2.42. The number of carbonyl (C=O) groups is 1. The van der Waals surface area contributed by atoms with E-state index in [0.29, 0.717) is 15.8 Å². The Balaban J connectivity index is 2.33. The number of nitrogens with one attached hydrogen (secondary N) is 1. The maximum Gasteiger partial charge on any atom is 0.259 e. The number of ether oxygens (including phenoxy) is 1. The van der Waals surface area contributed by atoms with E-state index >= 15 is 0 Å². The summed E-state index contributed by atoms with van der Waals surface area (Å²) in [6, 6.07) is 8.89. The highest BCUT2D eigenvalue weighted by atomic mass is 79.9. The fraction of sp³-hybridized carbons (Fsp3) is 0.0714. The maximum atomic E-state index is 13.2. The molecule has 3 N–H and O–H groups in total. The van der Waals surface area contributed by atoms with Gasteiger partial charge in [-0.05, 0) is 46.3 Å². The molecule has 0 radical (unpaired) electrons. The Hall–Kier alpha value is -2.08. The third-order valence-corrected chi connectivity index (χ3v) is 3.36. The number of benzene rings is 2. The van der Waals surface area contributed by atoms with E-state index in [-0.39, 0.29) is 11.3 Å². The molecule has 2 rings (SSSR count). The largest absolute Gasteiger partial charge is 0.494 e. The molecule has 0 atom stereocenters. The molecule has 6 heteroatoms. The molecule has 0 heterocycles. The first-order valence-electron chi connectivity index (χ1n) is 5.72. The van der Waals surface area contributed by atoms with Gasteiger partial charge in [-0.3, -0.25) is 4.79 Å². The number of nitrogen functional groups attached to an aromatic ring is 1. The Bertz CT molecular complexity index is 662. The van der Waals surface area contributed by atoms with E-state index in [2.05, 4.69) is 21.2 Å². The van der Waals surface area contributed by atoms with Crippen molar-refractivity contribution in [3.05, 3.63) is 52.3 Å². The van der Waals surface area contributed by atoms with Crippen molar-refractivity contribution < 1.29 is 13.9 Å². The summed E-state index contributed by atoms with van der Waals surface area (Å²) in [5.74, 6) is -0.582. The highest BCUT2D eigenvalue weighted by molar-refractivity contribution is 9.10. The second kappa shape index (κ2) is 5.92. The van der Waals surface area contributed by atoms with Gasteiger partial charge in [-0.2, -0.15) is 0 Å². The fourth-order valence-electron chi connectivity index (χ4n) is 1.74. The summed E-state index contributed by atoms with van der Waals surface area (Å²) in [6.45, 7) is 0. The molecule has 1 amide bonds. The minimum absolute atomic E-state index is 0.281. The van der Waals surface area contributed by atoms with Crippen LogP contribution in [0.4, 0.5) is 15.8 Å². The summed E-state index contributed by atoms with van der Waals surface area (Å²) < 4.78 is 18.9. The van der Waals surface area contributed by atoms with Crippen molar-refractivity contribution in [3.8, 4) is 5.75 Å². The Morgan fingerprint density at radius 3 is 2.80 bits per heavy atom. The summed E-state index contributed by atoms with van der Waals surface area (Å²) >= 11 is 3.24. The molecule has 20 heavy (non-hydrogen) atoms. The fourth-order valence-corrected chi connectivity index (χ4v) is 2.09. The van der Waals surface area contributed by atoms with Gasteiger partial charge in [-0.1, -0.05) is 6.07 Å². The first kappa shape index (κ1) is 14.3. The van der Waals surface area contributed by atoms with Crippen LogP contribution < -0.4 is 15.8 Å². The molecule has 104 valence electrons. The van der Waals surface area contributed by atoms with Crippen molar-refractivity contribution in [3.63, 3.8) is 0 Å². The molecule has 0 aliphatic carbocycles. The molecular weight excluding hydrogens is 327 g/mol. The van der Waals surface area contributed by atoms with Crippen molar-refractivity contribution in [1.29, 1.82) is 0 Å². The summed E-state index contributed by atoms with van der Waals surface area (Å²) in [5.41, 5.74) is 6.72. The highest BCUT2D eigenvalue weighted by Crippen LogP contribution is 2.28. The highest BCUT2D eigenvalue weighted by Gasteiger charge is 2.15. The molecule has 0 aliphatic heterocycles. The number of carbonyl (C=O) groups excluding carboxylic acids is 1. The molecule has 0 aromatic heterocycles. The zero-order chi connectivity index (χ0) is 14.7. The normalized spacial score (nSPS) is 10.2. The second-order valence-electron chi connectivity index (χ2n) is 4.01. The standard InChI is InChI=1S/C14H12BrFN2O2/c1-20-13-9(3-2-4-11(13)17)14(19)18-12-7-8(16)5-6-10(12)15/h2-7H,17H2,1H3,(H,18,19). The molecule has 0 aliphatic rings. The van der Waals surface area contributed by atoms with Crippen molar-refractivity contribution in [2.45, 2.75) is 0 Å². The molecular formula is C14H12BrFN2O2. The number of para-hydroxylation sites is 1. The minimum atomic E-state index is -0.442. The first-order chi connectivity index (χ1) is 9.52. The lowest BCUT2D eigenvalue weighted by Gasteiger charge is -2.12. The van der Waals surface area contributed by atoms with E-state index in [1.165, 1.54) is 25.3 Å². The van der Waals surface area contributed by atoms with Crippen molar-refractivity contribution >= 4 is 33.2 Å². The smallest absolute Gasteiger partial charge is 0.259 e. The van der Waals surface area contributed by atoms with Gasteiger partial charge in [0.25, 0.3) is 5.91 Å². The summed E-state index contributed by atoms with van der Waals surface area (Å²) in [5, 5.41) is 2.61. The molecule has 0 spiro atoms. The predicted molar refractivity (Wildman–Crippen MR) is 79.5 cm³/mol. The average molecular weight is 339 g/mol. The van der Waals surface area contributed by atoms with Crippen LogP contribution in [0.5, 0.6) is 5.75 Å². The van der Waals surface area contributed by atoms with Gasteiger partial charge in [-0.15, -0.1) is 0 Å². The van der Waals surface area contributed by atoms with Crippen molar-refractivity contribution in [2.24, 2.45) is 0 Å². The lowest BCUT2D eigenvalue weighted by Crippen LogP contribution is -2.14. The van der Waals surface area contributed by atoms with Crippen LogP contribution in [0.1, 0.15) is 10.4 Å². The molecule has 0 saturated carbocycles. The molecule has 4 nitrogen and oxygen atoms in total. The van der Waals surface area contributed by atoms with Crippen LogP contribution in [0.3, 0.4) is 0 Å². The maximum absolute atomic E-state index is 13.2. The lowest BCUT2D eigenvalue weighted by molar-refractivity contribution is 0.102. The zero-order valence-electron chi connectivity index (χ0n) is 10.6. The molecule has 0 fully saturated rings. The Morgan fingerprint density at radius 2 is 2.10 bits per heavy atom. The van der Waals surface area contributed by atoms with E-state index in [4.69, 9.17) is 10.5 Å². The minimum Gasteiger partial charge on any atom is -0.494 e. The number of methoxy groups -OCH3 is 1. The summed E-state index contributed by atoms with van der Waals surface area (Å²) in [7, 11) is 1.43. The van der Waals surface area contributed by atoms with Gasteiger partial charge in [0.2, 0.25) is 0 Å². The van der Waals surface area contributed by atoms with Crippen LogP contribution in [-0.2, 0) is 0 Å². The van der Waals surface area contributed by atoms with Gasteiger partial charge in [0.05, 0.1) is 24.0 Å². The zero-order valence-corrected chi connectivity index (χ0v) is 12.2. The number of amides is 1. The Kier molecular flexibility index (Phi) is 4.24. The lowest BCUT2D eigenvalue weighted by atomic mass is 10.1. The van der Waals surface area contributed by atoms with E-state index < -0.39 is 11.7 Å². The molecule has 2 aromatic rings. The third-order valence-electron chi connectivity index (χ3n) is 2.67. The van der Waals surface area contributed by atoms with E-state index in [9.17, 15) is 9.18 Å². The Morgan fingerprint density at radius 1 is 1.35 bits per heavy atom. The van der Waals surface area contributed by atoms with Crippen LogP contribution in [0.2, 0.25) is 0 Å². The van der Waals surface area contributed by atoms with Gasteiger partial charge < -0.3 is 15.8 Å². The van der Waals surface area contributed by atoms with Crippen molar-refractivity contribution in [2.75, 3.05) is 18.2 Å². The number of hydrogen-bond acceptors (Lipinski definition) is 3. The molecule has 0 saturated heterocycles. The van der Waals surface area contributed by atoms with Gasteiger partial charge >= 0.3 is 0 Å². The van der Waals surface area contributed by atoms with Crippen LogP contribution in [0, 0.1) is 5.82 Å². The number of anilines is 2. The van der Waals surface area contributed by atoms with E-state index in [1.807, 2.05) is 0 Å². The number of halogens is 2. The first-order valence-corrected chi connectivity index (χ1v) is 6.51. The predicted octanol–water partition coefficient (Wildman–Crippen LogP) is 3.43. The Labute approximate surface area is 123 Å². The summed E-state index contributed by atoms with van der Waals surface area (Å²) in [4.78, 5) is 12.2. The number of nitrogens with two attached hydrogens (primary N) is 1. The van der Waals surface area contributed by atoms with Gasteiger partial charge in [-0.25, -0.2) is 4.39 Å². The van der Waals surface area contributed by atoms with Crippen LogP contribution >= 0.6 is 15.9 Å². The topological polar surface area (TPSA) is 64.3 Å². The van der Waals surface area contributed by atoms with Gasteiger partial charge in [0.1, 0.15) is 5.82 Å². The van der Waals surface area contributed by atoms with Crippen LogP contribution in [-0.4, -0.2) is 13.0 Å². The van der Waals surface area contributed by atoms with Gasteiger partial charge in [0, 0.05) is 4.47 Å². The summed E-state index contributed by atoms with van der Waals surface area (Å²) in [6.07, 6.45) is 0. The van der Waals surface area contributed by atoms with E-state index in [1.54, 1.807) is 18.2 Å². The quantitative estimate of drug-likeness (QED) is 0.842. The molecule has 2 aromatic carbocycles. The monoisotopic (exact) mass is 338 g/mol. The van der Waals surface area contributed by atoms with Crippen molar-refractivity contribution in [1.82, 2.24) is 0 Å². The molecule has 0 bridgehead atoms. The van der Waals surface area contributed by atoms with E-state index in [0.717, 1.165) is 0 Å². The second-order valence-corrected chi connectivity index (χ2v) is 4.86.